The highest BCUT2D eigenvalue weighted by Crippen LogP contribution is 2.69. The Hall–Kier alpha value is -2.76. The summed E-state index contributed by atoms with van der Waals surface area (Å²) in [5.74, 6) is 3.51. The third-order valence-corrected chi connectivity index (χ3v) is 13.1. The number of carbonyl (C=O) groups is 1. The molecule has 7 aliphatic rings. The average Bonchev–Trinajstić information content (AvgIpc) is 3.79. The molecule has 1 amide bonds. The Bertz CT molecular complexity index is 1400. The number of ether oxygens (including phenoxy) is 3. The smallest absolute Gasteiger partial charge is 0.433 e. The summed E-state index contributed by atoms with van der Waals surface area (Å²) in [6, 6.07) is 2.60. The molecule has 11 nitrogen and oxygen atoms in total. The maximum absolute atomic E-state index is 11.0. The van der Waals surface area contributed by atoms with Gasteiger partial charge in [0.15, 0.2) is 11.5 Å². The molecule has 46 heavy (non-hydrogen) atoms. The van der Waals surface area contributed by atoms with Gasteiger partial charge >= 0.3 is 12.0 Å². The van der Waals surface area contributed by atoms with Crippen molar-refractivity contribution >= 4 is 18.2 Å². The van der Waals surface area contributed by atoms with Gasteiger partial charge in [0.1, 0.15) is 11.5 Å². The number of cyclic esters (lactones) is 1. The van der Waals surface area contributed by atoms with Crippen LogP contribution in [0.1, 0.15) is 91.2 Å². The van der Waals surface area contributed by atoms with Gasteiger partial charge in [-0.3, -0.25) is 10.1 Å². The van der Waals surface area contributed by atoms with Gasteiger partial charge in [-0.1, -0.05) is 39.3 Å². The van der Waals surface area contributed by atoms with Crippen LogP contribution in [-0.4, -0.2) is 65.1 Å². The summed E-state index contributed by atoms with van der Waals surface area (Å²) in [6.07, 6.45) is 14.3. The molecule has 11 heteroatoms. The van der Waals surface area contributed by atoms with E-state index in [0.717, 1.165) is 42.7 Å². The van der Waals surface area contributed by atoms with Crippen LogP contribution in [0.4, 0.5) is 10.7 Å². The van der Waals surface area contributed by atoms with Crippen molar-refractivity contribution in [3.63, 3.8) is 0 Å². The number of furan rings is 1. The topological polar surface area (TPSA) is 137 Å². The standard InChI is InChI=1S/C27H42O3.C8H7N3O5/c1-16-7-12-27(29-15-16)17(2)24-23(30-27)14-22-20-6-5-18-13-19(28)8-10-25(18,3)21(20)9-11-26(22,24)4;12-8-10(3-4-15-8)9-5-6-1-2-7(16-6)11(13)14/h9,16-20,22-24,28H,5-8,10-15H2,1-4H3;1-2,5H,3-4H2. The summed E-state index contributed by atoms with van der Waals surface area (Å²) in [5, 5.41) is 25.5. The van der Waals surface area contributed by atoms with Gasteiger partial charge in [0.05, 0.1) is 37.6 Å². The third kappa shape index (κ3) is 5.21. The zero-order chi connectivity index (χ0) is 32.4. The molecule has 1 spiro atoms. The van der Waals surface area contributed by atoms with Gasteiger partial charge in [-0.05, 0) is 97.9 Å². The normalized spacial score (nSPS) is 44.5. The number of amides is 1. The number of fused-ring (bicyclic) bond motifs is 7. The summed E-state index contributed by atoms with van der Waals surface area (Å²) in [4.78, 5) is 20.6. The molecule has 4 heterocycles. The lowest BCUT2D eigenvalue weighted by Crippen LogP contribution is -2.50. The lowest BCUT2D eigenvalue weighted by molar-refractivity contribution is -0.402. The first kappa shape index (κ1) is 31.8. The molecule has 1 aromatic heterocycles. The van der Waals surface area contributed by atoms with Crippen molar-refractivity contribution in [3.8, 4) is 0 Å². The average molecular weight is 640 g/mol. The SMILES string of the molecule is CC1CCC2(OC1)OC1CC3C4CCC5CC(O)CCC5(C)C4=CCC3(C)C1C2C.O=C1OCCN1N=Cc1ccc([N+](=O)[O-])o1. The number of allylic oxidation sites excluding steroid dienone is 2. The molecule has 0 radical (unpaired) electrons. The van der Waals surface area contributed by atoms with Crippen molar-refractivity contribution in [2.75, 3.05) is 19.8 Å². The highest BCUT2D eigenvalue weighted by atomic mass is 16.7. The Morgan fingerprint density at radius 3 is 2.65 bits per heavy atom. The molecule has 11 unspecified atom stereocenters. The first-order chi connectivity index (χ1) is 21.9. The van der Waals surface area contributed by atoms with Gasteiger partial charge in [0.2, 0.25) is 0 Å². The van der Waals surface area contributed by atoms with Crippen LogP contribution in [0.5, 0.6) is 0 Å². The second kappa shape index (κ2) is 11.7. The summed E-state index contributed by atoms with van der Waals surface area (Å²) in [7, 11) is 0. The van der Waals surface area contributed by atoms with E-state index in [1.807, 2.05) is 0 Å². The van der Waals surface area contributed by atoms with E-state index in [9.17, 15) is 20.0 Å². The minimum atomic E-state index is -0.651. The minimum Gasteiger partial charge on any atom is -0.446 e. The lowest BCUT2D eigenvalue weighted by Gasteiger charge is -2.57. The van der Waals surface area contributed by atoms with Crippen LogP contribution < -0.4 is 0 Å². The third-order valence-electron chi connectivity index (χ3n) is 13.1. The molecule has 6 fully saturated rings. The van der Waals surface area contributed by atoms with Crippen LogP contribution in [0, 0.1) is 56.5 Å². The molecule has 11 atom stereocenters. The van der Waals surface area contributed by atoms with Gasteiger partial charge < -0.3 is 23.7 Å². The Morgan fingerprint density at radius 2 is 1.96 bits per heavy atom. The van der Waals surface area contributed by atoms with Gasteiger partial charge in [-0.25, -0.2) is 4.79 Å². The monoisotopic (exact) mass is 639 g/mol. The van der Waals surface area contributed by atoms with E-state index in [2.05, 4.69) is 43.6 Å². The second-order valence-electron chi connectivity index (χ2n) is 15.6. The molecule has 1 aromatic rings. The molecule has 0 bridgehead atoms. The van der Waals surface area contributed by atoms with E-state index in [4.69, 9.17) is 13.9 Å². The van der Waals surface area contributed by atoms with Crippen molar-refractivity contribution in [1.29, 1.82) is 0 Å². The predicted octanol–water partition coefficient (Wildman–Crippen LogP) is 6.69. The molecule has 1 N–H and O–H groups in total. The van der Waals surface area contributed by atoms with Crippen molar-refractivity contribution in [2.45, 2.75) is 103 Å². The van der Waals surface area contributed by atoms with E-state index in [0.29, 0.717) is 47.2 Å². The van der Waals surface area contributed by atoms with Gasteiger partial charge in [0, 0.05) is 12.3 Å². The number of hydrogen-bond acceptors (Lipinski definition) is 9. The highest BCUT2D eigenvalue weighted by molar-refractivity contribution is 5.78. The van der Waals surface area contributed by atoms with Crippen molar-refractivity contribution < 1.29 is 33.5 Å². The number of hydrazone groups is 1. The van der Waals surface area contributed by atoms with Crippen molar-refractivity contribution in [2.24, 2.45) is 51.4 Å². The Morgan fingerprint density at radius 1 is 1.13 bits per heavy atom. The summed E-state index contributed by atoms with van der Waals surface area (Å²) in [5.41, 5.74) is 2.46. The molecule has 3 aliphatic heterocycles. The molecular weight excluding hydrogens is 590 g/mol. The van der Waals surface area contributed by atoms with E-state index in [1.54, 1.807) is 5.57 Å². The minimum absolute atomic E-state index is 0.0661. The van der Waals surface area contributed by atoms with Gasteiger partial charge in [0.25, 0.3) is 0 Å². The van der Waals surface area contributed by atoms with Crippen molar-refractivity contribution in [3.05, 3.63) is 39.7 Å². The van der Waals surface area contributed by atoms with Crippen LogP contribution in [0.3, 0.4) is 0 Å². The largest absolute Gasteiger partial charge is 0.446 e. The number of hydrogen-bond donors (Lipinski definition) is 1. The van der Waals surface area contributed by atoms with E-state index in [1.165, 1.54) is 56.9 Å². The fraction of sp³-hybridized carbons (Fsp3) is 0.771. The fourth-order valence-corrected chi connectivity index (χ4v) is 10.7. The van der Waals surface area contributed by atoms with Crippen LogP contribution in [0.15, 0.2) is 33.3 Å². The molecule has 252 valence electrons. The maximum Gasteiger partial charge on any atom is 0.433 e. The fourth-order valence-electron chi connectivity index (χ4n) is 10.7. The van der Waals surface area contributed by atoms with Gasteiger partial charge in [-0.15, -0.1) is 0 Å². The van der Waals surface area contributed by atoms with Crippen LogP contribution >= 0.6 is 0 Å². The number of aliphatic hydroxyl groups is 1. The van der Waals surface area contributed by atoms with E-state index >= 15 is 0 Å². The second-order valence-corrected chi connectivity index (χ2v) is 15.6. The molecule has 0 aromatic carbocycles. The number of carbonyl (C=O) groups excluding carboxylic acids is 1. The van der Waals surface area contributed by atoms with Crippen molar-refractivity contribution in [1.82, 2.24) is 5.01 Å². The van der Waals surface area contributed by atoms with E-state index in [-0.39, 0.29) is 30.1 Å². The maximum atomic E-state index is 11.0. The number of nitrogens with zero attached hydrogens (tertiary/aromatic N) is 3. The zero-order valence-electron chi connectivity index (χ0n) is 27.6. The molecule has 3 saturated heterocycles. The number of rotatable bonds is 3. The molecule has 8 rings (SSSR count). The van der Waals surface area contributed by atoms with Gasteiger partial charge in [-0.2, -0.15) is 10.1 Å². The van der Waals surface area contributed by atoms with Crippen LogP contribution in [0.25, 0.3) is 0 Å². The predicted molar refractivity (Wildman–Crippen MR) is 169 cm³/mol. The quantitative estimate of drug-likeness (QED) is 0.167. The summed E-state index contributed by atoms with van der Waals surface area (Å²) >= 11 is 0. The van der Waals surface area contributed by atoms with Crippen LogP contribution in [-0.2, 0) is 14.2 Å². The van der Waals surface area contributed by atoms with E-state index < -0.39 is 11.0 Å². The summed E-state index contributed by atoms with van der Waals surface area (Å²) in [6.45, 7) is 11.4. The highest BCUT2D eigenvalue weighted by Gasteiger charge is 2.67. The first-order valence-corrected chi connectivity index (χ1v) is 17.4. The van der Waals surface area contributed by atoms with Crippen LogP contribution in [0.2, 0.25) is 0 Å². The summed E-state index contributed by atoms with van der Waals surface area (Å²) < 4.78 is 22.8. The zero-order valence-corrected chi connectivity index (χ0v) is 27.6. The molecule has 4 aliphatic carbocycles. The Labute approximate surface area is 270 Å². The Kier molecular flexibility index (Phi) is 8.12. The number of aliphatic hydroxyl groups excluding tert-OH is 1. The molecule has 3 saturated carbocycles. The molecular formula is C35H49N3O8. The lowest BCUT2D eigenvalue weighted by atomic mass is 9.48. The first-order valence-electron chi connectivity index (χ1n) is 17.4. The number of nitro groups is 1. The Balaban J connectivity index is 0.000000179.